The minimum Gasteiger partial charge on any atom is -0.305 e. The predicted molar refractivity (Wildman–Crippen MR) is 82.3 cm³/mol. The molecule has 0 aliphatic heterocycles. The first-order chi connectivity index (χ1) is 9.15. The molecular formula is C16H22N2S. The lowest BCUT2D eigenvalue weighted by molar-refractivity contribution is 0.430. The van der Waals surface area contributed by atoms with Gasteiger partial charge in [-0.25, -0.2) is 4.98 Å². The van der Waals surface area contributed by atoms with E-state index in [1.54, 1.807) is 11.3 Å². The largest absolute Gasteiger partial charge is 0.305 e. The molecule has 0 amide bonds. The van der Waals surface area contributed by atoms with Gasteiger partial charge in [0.05, 0.1) is 5.01 Å². The van der Waals surface area contributed by atoms with E-state index < -0.39 is 0 Å². The molecule has 0 fully saturated rings. The molecule has 1 aromatic carbocycles. The van der Waals surface area contributed by atoms with Crippen molar-refractivity contribution in [3.05, 3.63) is 52.0 Å². The summed E-state index contributed by atoms with van der Waals surface area (Å²) in [6.45, 7) is 7.50. The summed E-state index contributed by atoms with van der Waals surface area (Å²) in [4.78, 5) is 5.61. The Bertz CT molecular complexity index is 490. The molecule has 3 heteroatoms. The summed E-state index contributed by atoms with van der Waals surface area (Å²) >= 11 is 1.77. The quantitative estimate of drug-likeness (QED) is 0.848. The maximum atomic E-state index is 4.31. The van der Waals surface area contributed by atoms with E-state index in [-0.39, 0.29) is 0 Å². The van der Waals surface area contributed by atoms with Crippen molar-refractivity contribution in [3.63, 3.8) is 0 Å². The van der Waals surface area contributed by atoms with Gasteiger partial charge in [-0.3, -0.25) is 0 Å². The first kappa shape index (κ1) is 14.2. The molecule has 0 radical (unpaired) electrons. The molecule has 0 aliphatic rings. The number of aryl methyl sites for hydroxylation is 1. The van der Waals surface area contributed by atoms with Crippen molar-refractivity contribution in [2.45, 2.75) is 39.8 Å². The number of aromatic nitrogens is 1. The topological polar surface area (TPSA) is 24.9 Å². The second kappa shape index (κ2) is 6.83. The van der Waals surface area contributed by atoms with Crippen molar-refractivity contribution in [1.29, 1.82) is 0 Å². The fourth-order valence-corrected chi connectivity index (χ4v) is 2.95. The van der Waals surface area contributed by atoms with E-state index in [0.29, 0.717) is 12.0 Å². The molecule has 0 spiro atoms. The van der Waals surface area contributed by atoms with E-state index >= 15 is 0 Å². The Labute approximate surface area is 119 Å². The minimum absolute atomic E-state index is 0.420. The highest BCUT2D eigenvalue weighted by Crippen LogP contribution is 2.22. The van der Waals surface area contributed by atoms with Crippen molar-refractivity contribution in [2.75, 3.05) is 0 Å². The zero-order valence-electron chi connectivity index (χ0n) is 11.9. The van der Waals surface area contributed by atoms with Crippen molar-refractivity contribution in [1.82, 2.24) is 10.3 Å². The average molecular weight is 274 g/mol. The van der Waals surface area contributed by atoms with Crippen molar-refractivity contribution < 1.29 is 0 Å². The number of nitrogens with one attached hydrogen (secondary N) is 1. The molecule has 102 valence electrons. The average Bonchev–Trinajstić information content (AvgIpc) is 2.81. The molecule has 2 aromatic rings. The van der Waals surface area contributed by atoms with Crippen LogP contribution in [0.1, 0.15) is 41.8 Å². The molecule has 19 heavy (non-hydrogen) atoms. The first-order valence-electron chi connectivity index (χ1n) is 6.85. The molecular weight excluding hydrogens is 252 g/mol. The SMILES string of the molecule is Cc1ncc(CNC(CC(C)C)c2ccccc2)s1. The van der Waals surface area contributed by atoms with E-state index in [2.05, 4.69) is 61.4 Å². The van der Waals surface area contributed by atoms with E-state index in [1.807, 2.05) is 6.20 Å². The summed E-state index contributed by atoms with van der Waals surface area (Å²) in [5, 5.41) is 4.80. The molecule has 0 bridgehead atoms. The lowest BCUT2D eigenvalue weighted by atomic mass is 9.97. The van der Waals surface area contributed by atoms with Crippen LogP contribution in [0.3, 0.4) is 0 Å². The van der Waals surface area contributed by atoms with Crippen LogP contribution in [-0.4, -0.2) is 4.98 Å². The van der Waals surface area contributed by atoms with E-state index in [0.717, 1.165) is 18.0 Å². The highest BCUT2D eigenvalue weighted by Gasteiger charge is 2.13. The summed E-state index contributed by atoms with van der Waals surface area (Å²) in [5.74, 6) is 0.681. The lowest BCUT2D eigenvalue weighted by Crippen LogP contribution is -2.22. The van der Waals surface area contributed by atoms with Crippen LogP contribution >= 0.6 is 11.3 Å². The van der Waals surface area contributed by atoms with E-state index in [1.165, 1.54) is 10.4 Å². The number of rotatable bonds is 6. The van der Waals surface area contributed by atoms with Gasteiger partial charge in [0.15, 0.2) is 0 Å². The Balaban J connectivity index is 2.02. The third kappa shape index (κ3) is 4.44. The lowest BCUT2D eigenvalue weighted by Gasteiger charge is -2.20. The summed E-state index contributed by atoms with van der Waals surface area (Å²) in [7, 11) is 0. The summed E-state index contributed by atoms with van der Waals surface area (Å²) in [5.41, 5.74) is 1.37. The monoisotopic (exact) mass is 274 g/mol. The summed E-state index contributed by atoms with van der Waals surface area (Å²) in [6, 6.07) is 11.1. The number of hydrogen-bond acceptors (Lipinski definition) is 3. The van der Waals surface area contributed by atoms with Gasteiger partial charge in [0.25, 0.3) is 0 Å². The van der Waals surface area contributed by atoms with Gasteiger partial charge in [0.1, 0.15) is 0 Å². The molecule has 1 aromatic heterocycles. The molecule has 2 rings (SSSR count). The second-order valence-corrected chi connectivity index (χ2v) is 6.64. The van der Waals surface area contributed by atoms with Crippen LogP contribution in [0.25, 0.3) is 0 Å². The van der Waals surface area contributed by atoms with Gasteiger partial charge in [-0.05, 0) is 24.8 Å². The zero-order chi connectivity index (χ0) is 13.7. The van der Waals surface area contributed by atoms with Crippen LogP contribution in [0.4, 0.5) is 0 Å². The number of benzene rings is 1. The van der Waals surface area contributed by atoms with Gasteiger partial charge in [-0.2, -0.15) is 0 Å². The highest BCUT2D eigenvalue weighted by molar-refractivity contribution is 7.11. The fraction of sp³-hybridized carbons (Fsp3) is 0.438. The Kier molecular flexibility index (Phi) is 5.11. The molecule has 1 unspecified atom stereocenters. The van der Waals surface area contributed by atoms with Crippen LogP contribution in [0.2, 0.25) is 0 Å². The first-order valence-corrected chi connectivity index (χ1v) is 7.66. The molecule has 0 saturated carbocycles. The Morgan fingerprint density at radius 3 is 2.53 bits per heavy atom. The maximum Gasteiger partial charge on any atom is 0.0897 e. The van der Waals surface area contributed by atoms with Crippen LogP contribution < -0.4 is 5.32 Å². The van der Waals surface area contributed by atoms with Gasteiger partial charge >= 0.3 is 0 Å². The Hall–Kier alpha value is -1.19. The maximum absolute atomic E-state index is 4.31. The van der Waals surface area contributed by atoms with Gasteiger partial charge in [0, 0.05) is 23.7 Å². The summed E-state index contributed by atoms with van der Waals surface area (Å²) in [6.07, 6.45) is 3.13. The van der Waals surface area contributed by atoms with Gasteiger partial charge in [-0.1, -0.05) is 44.2 Å². The van der Waals surface area contributed by atoms with E-state index in [9.17, 15) is 0 Å². The van der Waals surface area contributed by atoms with Crippen molar-refractivity contribution >= 4 is 11.3 Å². The predicted octanol–water partition coefficient (Wildman–Crippen LogP) is 4.33. The van der Waals surface area contributed by atoms with Gasteiger partial charge in [-0.15, -0.1) is 11.3 Å². The van der Waals surface area contributed by atoms with Crippen LogP contribution in [0, 0.1) is 12.8 Å². The molecule has 1 N–H and O–H groups in total. The highest BCUT2D eigenvalue weighted by atomic mass is 32.1. The third-order valence-electron chi connectivity index (χ3n) is 3.10. The molecule has 1 heterocycles. The Morgan fingerprint density at radius 1 is 1.21 bits per heavy atom. The van der Waals surface area contributed by atoms with Gasteiger partial charge in [0.2, 0.25) is 0 Å². The van der Waals surface area contributed by atoms with Crippen LogP contribution in [-0.2, 0) is 6.54 Å². The third-order valence-corrected chi connectivity index (χ3v) is 4.01. The molecule has 1 atom stereocenters. The summed E-state index contributed by atoms with van der Waals surface area (Å²) < 4.78 is 0. The Morgan fingerprint density at radius 2 is 1.95 bits per heavy atom. The van der Waals surface area contributed by atoms with Crippen LogP contribution in [0.5, 0.6) is 0 Å². The number of thiazole rings is 1. The smallest absolute Gasteiger partial charge is 0.0897 e. The van der Waals surface area contributed by atoms with Crippen molar-refractivity contribution in [2.24, 2.45) is 5.92 Å². The molecule has 0 aliphatic carbocycles. The van der Waals surface area contributed by atoms with Gasteiger partial charge < -0.3 is 5.32 Å². The molecule has 0 saturated heterocycles. The number of hydrogen-bond donors (Lipinski definition) is 1. The minimum atomic E-state index is 0.420. The second-order valence-electron chi connectivity index (χ2n) is 5.32. The van der Waals surface area contributed by atoms with E-state index in [4.69, 9.17) is 0 Å². The zero-order valence-corrected chi connectivity index (χ0v) is 12.7. The fourth-order valence-electron chi connectivity index (χ4n) is 2.20. The standard InChI is InChI=1S/C16H22N2S/c1-12(2)9-16(14-7-5-4-6-8-14)18-11-15-10-17-13(3)19-15/h4-8,10,12,16,18H,9,11H2,1-3H3. The normalized spacial score (nSPS) is 12.8. The van der Waals surface area contributed by atoms with Crippen molar-refractivity contribution in [3.8, 4) is 0 Å². The number of nitrogens with zero attached hydrogens (tertiary/aromatic N) is 1. The molecule has 2 nitrogen and oxygen atoms in total. The van der Waals surface area contributed by atoms with Crippen LogP contribution in [0.15, 0.2) is 36.5 Å².